The topological polar surface area (TPSA) is 58.0 Å². The monoisotopic (exact) mass is 336 g/mol. The van der Waals surface area contributed by atoms with Crippen LogP contribution in [-0.2, 0) is 12.8 Å². The highest BCUT2D eigenvalue weighted by atomic mass is 15.4. The molecule has 6 heteroatoms. The van der Waals surface area contributed by atoms with Crippen LogP contribution in [0.1, 0.15) is 48.4 Å². The van der Waals surface area contributed by atoms with Crippen LogP contribution in [0.2, 0.25) is 0 Å². The third-order valence-corrected chi connectivity index (χ3v) is 5.81. The second-order valence-corrected chi connectivity index (χ2v) is 7.64. The van der Waals surface area contributed by atoms with Gasteiger partial charge in [0.25, 0.3) is 0 Å². The molecule has 2 fully saturated rings. The first-order valence-electron chi connectivity index (χ1n) is 9.43. The maximum atomic E-state index is 4.57. The van der Waals surface area contributed by atoms with Gasteiger partial charge in [-0.15, -0.1) is 5.10 Å². The van der Waals surface area contributed by atoms with Crippen LogP contribution in [0.25, 0.3) is 0 Å². The lowest BCUT2D eigenvalue weighted by Gasteiger charge is -2.44. The first-order chi connectivity index (χ1) is 12.3. The molecule has 2 aromatic heterocycles. The number of rotatable bonds is 4. The molecule has 3 aliphatic rings. The number of aromatic nitrogens is 4. The Balaban J connectivity index is 1.23. The van der Waals surface area contributed by atoms with Crippen molar-refractivity contribution in [2.45, 2.75) is 50.5 Å². The van der Waals surface area contributed by atoms with Crippen molar-refractivity contribution < 1.29 is 0 Å². The largest absolute Gasteiger partial charge is 0.351 e. The van der Waals surface area contributed by atoms with E-state index in [9.17, 15) is 0 Å². The van der Waals surface area contributed by atoms with E-state index in [0.29, 0.717) is 12.0 Å². The van der Waals surface area contributed by atoms with E-state index in [4.69, 9.17) is 0 Å². The minimum absolute atomic E-state index is 0.435. The average molecular weight is 336 g/mol. The molecule has 25 heavy (non-hydrogen) atoms. The predicted molar refractivity (Wildman–Crippen MR) is 97.1 cm³/mol. The summed E-state index contributed by atoms with van der Waals surface area (Å²) in [6.07, 6.45) is 11.3. The van der Waals surface area contributed by atoms with Gasteiger partial charge in [-0.3, -0.25) is 0 Å². The van der Waals surface area contributed by atoms with Crippen LogP contribution in [0.5, 0.6) is 0 Å². The van der Waals surface area contributed by atoms with Gasteiger partial charge in [0.05, 0.1) is 11.7 Å². The van der Waals surface area contributed by atoms with Crippen molar-refractivity contribution in [1.82, 2.24) is 20.2 Å². The second kappa shape index (κ2) is 5.93. The minimum Gasteiger partial charge on any atom is -0.351 e. The van der Waals surface area contributed by atoms with Gasteiger partial charge in [0.2, 0.25) is 5.95 Å². The third kappa shape index (κ3) is 2.83. The van der Waals surface area contributed by atoms with Crippen molar-refractivity contribution in [3.8, 4) is 0 Å². The van der Waals surface area contributed by atoms with Crippen molar-refractivity contribution in [3.05, 3.63) is 35.3 Å². The minimum atomic E-state index is 0.435. The van der Waals surface area contributed by atoms with Gasteiger partial charge in [-0.05, 0) is 61.6 Å². The number of aryl methyl sites for hydroxylation is 2. The normalized spacial score (nSPS) is 20.1. The Kier molecular flexibility index (Phi) is 3.57. The summed E-state index contributed by atoms with van der Waals surface area (Å²) in [7, 11) is 2.09. The highest BCUT2D eigenvalue weighted by Gasteiger charge is 2.33. The number of fused-ring (bicyclic) bond motifs is 1. The Morgan fingerprint density at radius 1 is 1.04 bits per heavy atom. The van der Waals surface area contributed by atoms with Crippen molar-refractivity contribution >= 4 is 11.8 Å². The van der Waals surface area contributed by atoms with Crippen LogP contribution in [0.4, 0.5) is 11.8 Å². The zero-order valence-electron chi connectivity index (χ0n) is 14.7. The van der Waals surface area contributed by atoms with Gasteiger partial charge in [-0.25, -0.2) is 9.97 Å². The van der Waals surface area contributed by atoms with Gasteiger partial charge < -0.3 is 9.80 Å². The molecule has 1 saturated heterocycles. The predicted octanol–water partition coefficient (Wildman–Crippen LogP) is 2.35. The van der Waals surface area contributed by atoms with Gasteiger partial charge in [0, 0.05) is 32.5 Å². The van der Waals surface area contributed by atoms with Crippen LogP contribution in [0.15, 0.2) is 18.5 Å². The van der Waals surface area contributed by atoms with Crippen LogP contribution >= 0.6 is 0 Å². The van der Waals surface area contributed by atoms with Crippen molar-refractivity contribution in [1.29, 1.82) is 0 Å². The highest BCUT2D eigenvalue weighted by molar-refractivity contribution is 5.48. The van der Waals surface area contributed by atoms with Crippen molar-refractivity contribution in [2.24, 2.45) is 0 Å². The Morgan fingerprint density at radius 2 is 1.80 bits per heavy atom. The van der Waals surface area contributed by atoms with Gasteiger partial charge in [-0.2, -0.15) is 5.10 Å². The Bertz CT molecular complexity index is 764. The van der Waals surface area contributed by atoms with Gasteiger partial charge in [0.1, 0.15) is 0 Å². The average Bonchev–Trinajstić information content (AvgIpc) is 3.45. The molecule has 0 spiro atoms. The first-order valence-corrected chi connectivity index (χ1v) is 9.43. The fourth-order valence-corrected chi connectivity index (χ4v) is 3.82. The summed E-state index contributed by atoms with van der Waals surface area (Å²) >= 11 is 0. The Hall–Kier alpha value is -2.24. The van der Waals surface area contributed by atoms with E-state index in [2.05, 4.69) is 43.1 Å². The fourth-order valence-electron chi connectivity index (χ4n) is 3.82. The highest BCUT2D eigenvalue weighted by Crippen LogP contribution is 2.39. The maximum absolute atomic E-state index is 4.57. The zero-order valence-corrected chi connectivity index (χ0v) is 14.7. The molecular weight excluding hydrogens is 312 g/mol. The summed E-state index contributed by atoms with van der Waals surface area (Å²) in [6.45, 7) is 1.91. The SMILES string of the molecule is CN(c1ncc(C2CC2)cn1)C1CN(c2cc3c(nn2)CCCC3)C1. The van der Waals surface area contributed by atoms with E-state index in [0.717, 1.165) is 37.7 Å². The maximum Gasteiger partial charge on any atom is 0.225 e. The fraction of sp³-hybridized carbons (Fsp3) is 0.579. The summed E-state index contributed by atoms with van der Waals surface area (Å²) in [4.78, 5) is 13.6. The standard InChI is InChI=1S/C19H24N6/c1-24(19-20-9-15(10-21-19)13-6-7-13)16-11-25(12-16)18-8-14-4-2-3-5-17(14)22-23-18/h8-10,13,16H,2-7,11-12H2,1H3. The van der Waals surface area contributed by atoms with E-state index in [1.54, 1.807) is 0 Å². The van der Waals surface area contributed by atoms with Gasteiger partial charge in [-0.1, -0.05) is 0 Å². The number of nitrogens with zero attached hydrogens (tertiary/aromatic N) is 6. The number of hydrogen-bond acceptors (Lipinski definition) is 6. The molecule has 0 radical (unpaired) electrons. The number of likely N-dealkylation sites (N-methyl/N-ethyl adjacent to an activating group) is 1. The molecule has 0 amide bonds. The Morgan fingerprint density at radius 3 is 2.56 bits per heavy atom. The molecule has 0 aromatic carbocycles. The molecule has 0 N–H and O–H groups in total. The lowest BCUT2D eigenvalue weighted by Crippen LogP contribution is -2.59. The van der Waals surface area contributed by atoms with Crippen LogP contribution < -0.4 is 9.80 Å². The summed E-state index contributed by atoms with van der Waals surface area (Å²) < 4.78 is 0. The first kappa shape index (κ1) is 15.0. The molecule has 130 valence electrons. The van der Waals surface area contributed by atoms with Crippen molar-refractivity contribution in [3.63, 3.8) is 0 Å². The van der Waals surface area contributed by atoms with Crippen LogP contribution in [-0.4, -0.2) is 46.3 Å². The van der Waals surface area contributed by atoms with E-state index < -0.39 is 0 Å². The number of anilines is 2. The molecule has 3 heterocycles. The van der Waals surface area contributed by atoms with Crippen LogP contribution in [0, 0.1) is 0 Å². The molecule has 0 unspecified atom stereocenters. The summed E-state index contributed by atoms with van der Waals surface area (Å²) in [5, 5.41) is 8.90. The molecule has 1 saturated carbocycles. The number of hydrogen-bond donors (Lipinski definition) is 0. The lowest BCUT2D eigenvalue weighted by atomic mass is 9.96. The van der Waals surface area contributed by atoms with E-state index in [1.165, 1.54) is 42.5 Å². The second-order valence-electron chi connectivity index (χ2n) is 7.64. The quantitative estimate of drug-likeness (QED) is 0.854. The zero-order chi connectivity index (χ0) is 16.8. The van der Waals surface area contributed by atoms with Gasteiger partial charge >= 0.3 is 0 Å². The molecule has 2 aromatic rings. The van der Waals surface area contributed by atoms with Crippen LogP contribution in [0.3, 0.4) is 0 Å². The molecular formula is C19H24N6. The van der Waals surface area contributed by atoms with Crippen molar-refractivity contribution in [2.75, 3.05) is 29.9 Å². The molecule has 6 nitrogen and oxygen atoms in total. The van der Waals surface area contributed by atoms with E-state index in [1.807, 2.05) is 12.4 Å². The summed E-state index contributed by atoms with van der Waals surface area (Å²) in [6, 6.07) is 2.68. The third-order valence-electron chi connectivity index (χ3n) is 5.81. The molecule has 2 aliphatic carbocycles. The lowest BCUT2D eigenvalue weighted by molar-refractivity contribution is 0.483. The van der Waals surface area contributed by atoms with E-state index >= 15 is 0 Å². The molecule has 5 rings (SSSR count). The smallest absolute Gasteiger partial charge is 0.225 e. The summed E-state index contributed by atoms with van der Waals surface area (Å²) in [5.41, 5.74) is 3.89. The summed E-state index contributed by atoms with van der Waals surface area (Å²) in [5.74, 6) is 2.56. The molecule has 0 bridgehead atoms. The molecule has 1 aliphatic heterocycles. The van der Waals surface area contributed by atoms with Gasteiger partial charge in [0.15, 0.2) is 5.82 Å². The molecule has 0 atom stereocenters. The Labute approximate surface area is 148 Å². The van der Waals surface area contributed by atoms with E-state index in [-0.39, 0.29) is 0 Å².